The van der Waals surface area contributed by atoms with E-state index in [0.29, 0.717) is 6.54 Å². The molecule has 0 unspecified atom stereocenters. The van der Waals surface area contributed by atoms with Crippen LogP contribution in [0.2, 0.25) is 0 Å². The molecule has 0 saturated carbocycles. The maximum absolute atomic E-state index is 13.0. The molecule has 0 radical (unpaired) electrons. The molecular weight excluding hydrogens is 354 g/mol. The van der Waals surface area contributed by atoms with Crippen LogP contribution in [0.3, 0.4) is 0 Å². The Bertz CT molecular complexity index is 910. The van der Waals surface area contributed by atoms with Crippen LogP contribution in [0.25, 0.3) is 0 Å². The second-order valence-corrected chi connectivity index (χ2v) is 8.12. The Hall–Kier alpha value is -2.42. The summed E-state index contributed by atoms with van der Waals surface area (Å²) < 4.78 is 1.30. The van der Waals surface area contributed by atoms with Gasteiger partial charge in [-0.2, -0.15) is 0 Å². The Morgan fingerprint density at radius 1 is 1.31 bits per heavy atom. The molecule has 0 spiro atoms. The van der Waals surface area contributed by atoms with Gasteiger partial charge in [-0.05, 0) is 18.8 Å². The van der Waals surface area contributed by atoms with E-state index in [0.717, 1.165) is 5.01 Å². The SMILES string of the molecule is Cc1nc(C(=O)N(CC(C)C)c2c(N)n(CC(C)C)c(=O)[nH]c2=O)cs1. The zero-order chi connectivity index (χ0) is 19.6. The number of carbonyl (C=O) groups excluding carboxylic acids is 1. The zero-order valence-corrected chi connectivity index (χ0v) is 16.5. The molecule has 0 fully saturated rings. The van der Waals surface area contributed by atoms with E-state index in [9.17, 15) is 14.4 Å². The smallest absolute Gasteiger partial charge is 0.330 e. The predicted octanol–water partition coefficient (Wildman–Crippen LogP) is 1.84. The van der Waals surface area contributed by atoms with Gasteiger partial charge in [0.15, 0.2) is 5.69 Å². The van der Waals surface area contributed by atoms with Gasteiger partial charge in [-0.15, -0.1) is 11.3 Å². The van der Waals surface area contributed by atoms with Crippen LogP contribution in [0.4, 0.5) is 11.5 Å². The van der Waals surface area contributed by atoms with E-state index >= 15 is 0 Å². The van der Waals surface area contributed by atoms with Crippen LogP contribution in [0.5, 0.6) is 0 Å². The van der Waals surface area contributed by atoms with Crippen molar-refractivity contribution in [2.45, 2.75) is 41.2 Å². The number of thiazole rings is 1. The molecule has 2 aromatic heterocycles. The van der Waals surface area contributed by atoms with Gasteiger partial charge in [0.25, 0.3) is 11.5 Å². The van der Waals surface area contributed by atoms with Crippen molar-refractivity contribution in [1.29, 1.82) is 0 Å². The third kappa shape index (κ3) is 4.21. The molecule has 0 aliphatic carbocycles. The molecule has 2 heterocycles. The number of amides is 1. The van der Waals surface area contributed by atoms with E-state index in [1.54, 1.807) is 12.3 Å². The van der Waals surface area contributed by atoms with Gasteiger partial charge in [-0.25, -0.2) is 9.78 Å². The van der Waals surface area contributed by atoms with Gasteiger partial charge in [0.2, 0.25) is 0 Å². The molecule has 3 N–H and O–H groups in total. The molecule has 2 aromatic rings. The molecule has 0 aromatic carbocycles. The van der Waals surface area contributed by atoms with Crippen LogP contribution in [0, 0.1) is 18.8 Å². The first-order valence-corrected chi connectivity index (χ1v) is 9.36. The number of hydrogen-bond donors (Lipinski definition) is 2. The summed E-state index contributed by atoms with van der Waals surface area (Å²) in [5.41, 5.74) is 5.17. The number of nitrogens with two attached hydrogens (primary N) is 1. The largest absolute Gasteiger partial charge is 0.383 e. The standard InChI is InChI=1S/C17H25N5O3S/c1-9(2)6-21(16(24)12-8-26-11(5)19-12)13-14(18)22(7-10(3)4)17(25)20-15(13)23/h8-10H,6-7,18H2,1-5H3,(H,20,23,25). The van der Waals surface area contributed by atoms with E-state index < -0.39 is 17.2 Å². The number of aryl methyl sites for hydroxylation is 1. The molecule has 0 atom stereocenters. The van der Waals surface area contributed by atoms with Gasteiger partial charge in [0.05, 0.1) is 5.01 Å². The van der Waals surface area contributed by atoms with Crippen LogP contribution in [-0.2, 0) is 6.54 Å². The van der Waals surface area contributed by atoms with E-state index in [1.165, 1.54) is 20.8 Å². The minimum absolute atomic E-state index is 0.00500. The second-order valence-electron chi connectivity index (χ2n) is 7.06. The summed E-state index contributed by atoms with van der Waals surface area (Å²) in [5, 5.41) is 2.41. The average Bonchev–Trinajstić information content (AvgIpc) is 2.95. The molecule has 2 rings (SSSR count). The van der Waals surface area contributed by atoms with Crippen LogP contribution in [0.1, 0.15) is 43.2 Å². The summed E-state index contributed by atoms with van der Waals surface area (Å²) in [6.45, 7) is 10.2. The van der Waals surface area contributed by atoms with Gasteiger partial charge < -0.3 is 5.73 Å². The second kappa shape index (κ2) is 7.86. The summed E-state index contributed by atoms with van der Waals surface area (Å²) >= 11 is 1.36. The molecule has 1 amide bonds. The fraction of sp³-hybridized carbons (Fsp3) is 0.529. The van der Waals surface area contributed by atoms with E-state index in [-0.39, 0.29) is 35.6 Å². The normalized spacial score (nSPS) is 11.3. The quantitative estimate of drug-likeness (QED) is 0.795. The Morgan fingerprint density at radius 2 is 1.96 bits per heavy atom. The van der Waals surface area contributed by atoms with Crippen LogP contribution in [-0.4, -0.2) is 27.0 Å². The van der Waals surface area contributed by atoms with Crippen molar-refractivity contribution >= 4 is 28.7 Å². The Balaban J connectivity index is 2.63. The Morgan fingerprint density at radius 3 is 2.46 bits per heavy atom. The number of nitrogen functional groups attached to an aromatic ring is 1. The monoisotopic (exact) mass is 379 g/mol. The first-order chi connectivity index (χ1) is 12.1. The van der Waals surface area contributed by atoms with Crippen molar-refractivity contribution in [2.75, 3.05) is 17.2 Å². The average molecular weight is 379 g/mol. The number of aromatic nitrogens is 3. The third-order valence-corrected chi connectivity index (χ3v) is 4.44. The van der Waals surface area contributed by atoms with Crippen molar-refractivity contribution in [1.82, 2.24) is 14.5 Å². The van der Waals surface area contributed by atoms with Crippen LogP contribution < -0.4 is 21.9 Å². The van der Waals surface area contributed by atoms with Crippen molar-refractivity contribution in [3.05, 3.63) is 36.9 Å². The molecule has 8 nitrogen and oxygen atoms in total. The first kappa shape index (κ1) is 19.9. The van der Waals surface area contributed by atoms with Crippen LogP contribution in [0.15, 0.2) is 15.0 Å². The lowest BCUT2D eigenvalue weighted by molar-refractivity contribution is 0.0979. The minimum atomic E-state index is -0.673. The highest BCUT2D eigenvalue weighted by atomic mass is 32.1. The number of hydrogen-bond acceptors (Lipinski definition) is 6. The molecule has 0 aliphatic rings. The first-order valence-electron chi connectivity index (χ1n) is 8.48. The lowest BCUT2D eigenvalue weighted by Gasteiger charge is -2.25. The fourth-order valence-electron chi connectivity index (χ4n) is 2.63. The van der Waals surface area contributed by atoms with E-state index in [1.807, 2.05) is 27.7 Å². The van der Waals surface area contributed by atoms with E-state index in [4.69, 9.17) is 5.73 Å². The summed E-state index contributed by atoms with van der Waals surface area (Å²) in [5.74, 6) is -0.185. The summed E-state index contributed by atoms with van der Waals surface area (Å²) in [6, 6.07) is 0. The number of rotatable bonds is 6. The summed E-state index contributed by atoms with van der Waals surface area (Å²) in [4.78, 5) is 45.5. The highest BCUT2D eigenvalue weighted by molar-refractivity contribution is 7.09. The Kier molecular flexibility index (Phi) is 6.01. The Labute approximate surface area is 155 Å². The summed E-state index contributed by atoms with van der Waals surface area (Å²) in [6.07, 6.45) is 0. The number of H-pyrrole nitrogens is 1. The topological polar surface area (TPSA) is 114 Å². The van der Waals surface area contributed by atoms with Gasteiger partial charge in [0.1, 0.15) is 11.5 Å². The maximum atomic E-state index is 13.0. The highest BCUT2D eigenvalue weighted by Crippen LogP contribution is 2.22. The molecule has 26 heavy (non-hydrogen) atoms. The number of nitrogens with zero attached hydrogens (tertiary/aromatic N) is 3. The van der Waals surface area contributed by atoms with Gasteiger partial charge in [-0.3, -0.25) is 24.0 Å². The van der Waals surface area contributed by atoms with Crippen LogP contribution >= 0.6 is 11.3 Å². The van der Waals surface area contributed by atoms with Crippen molar-refractivity contribution < 1.29 is 4.79 Å². The molecule has 142 valence electrons. The molecule has 9 heteroatoms. The van der Waals surface area contributed by atoms with Gasteiger partial charge in [-0.1, -0.05) is 27.7 Å². The lowest BCUT2D eigenvalue weighted by Crippen LogP contribution is -2.43. The number of anilines is 2. The highest BCUT2D eigenvalue weighted by Gasteiger charge is 2.27. The van der Waals surface area contributed by atoms with Gasteiger partial charge >= 0.3 is 5.69 Å². The predicted molar refractivity (Wildman–Crippen MR) is 104 cm³/mol. The number of carbonyl (C=O) groups is 1. The van der Waals surface area contributed by atoms with Crippen molar-refractivity contribution in [3.8, 4) is 0 Å². The molecule has 0 saturated heterocycles. The molecular formula is C17H25N5O3S. The third-order valence-electron chi connectivity index (χ3n) is 3.66. The minimum Gasteiger partial charge on any atom is -0.383 e. The number of aromatic amines is 1. The maximum Gasteiger partial charge on any atom is 0.330 e. The van der Waals surface area contributed by atoms with Crippen molar-refractivity contribution in [2.24, 2.45) is 11.8 Å². The zero-order valence-electron chi connectivity index (χ0n) is 15.7. The molecule has 0 aliphatic heterocycles. The summed E-state index contributed by atoms with van der Waals surface area (Å²) in [7, 11) is 0. The molecule has 0 bridgehead atoms. The number of nitrogens with one attached hydrogen (secondary N) is 1. The lowest BCUT2D eigenvalue weighted by atomic mass is 10.2. The fourth-order valence-corrected chi connectivity index (χ4v) is 3.21. The van der Waals surface area contributed by atoms with E-state index in [2.05, 4.69) is 9.97 Å². The van der Waals surface area contributed by atoms with Crippen molar-refractivity contribution in [3.63, 3.8) is 0 Å². The van der Waals surface area contributed by atoms with Gasteiger partial charge in [0, 0.05) is 18.5 Å².